The predicted molar refractivity (Wildman–Crippen MR) is 148 cm³/mol. The van der Waals surface area contributed by atoms with Gasteiger partial charge in [0.1, 0.15) is 0 Å². The second-order valence-corrected chi connectivity index (χ2v) is 9.15. The Hall–Kier alpha value is -4.35. The molecule has 1 aromatic heterocycles. The van der Waals surface area contributed by atoms with Gasteiger partial charge in [0.15, 0.2) is 0 Å². The molecule has 4 aromatic carbocycles. The van der Waals surface area contributed by atoms with Crippen LogP contribution in [0.15, 0.2) is 97.1 Å². The molecule has 0 unspecified atom stereocenters. The number of hydrogen-bond donors (Lipinski definition) is 1. The van der Waals surface area contributed by atoms with E-state index in [4.69, 9.17) is 16.7 Å². The van der Waals surface area contributed by atoms with Crippen LogP contribution in [0.2, 0.25) is 5.02 Å². The van der Waals surface area contributed by atoms with Gasteiger partial charge < -0.3 is 10.0 Å². The van der Waals surface area contributed by atoms with Crippen molar-refractivity contribution in [3.63, 3.8) is 0 Å². The average Bonchev–Trinajstić information content (AvgIpc) is 3.31. The van der Waals surface area contributed by atoms with Crippen LogP contribution in [0.1, 0.15) is 11.3 Å². The summed E-state index contributed by atoms with van der Waals surface area (Å²) in [5.41, 5.74) is 4.97. The Morgan fingerprint density at radius 3 is 2.33 bits per heavy atom. The van der Waals surface area contributed by atoms with Crippen LogP contribution < -0.4 is 4.90 Å². The van der Waals surface area contributed by atoms with Crippen molar-refractivity contribution < 1.29 is 9.90 Å². The monoisotopic (exact) mass is 493 g/mol. The molecule has 1 heterocycles. The third kappa shape index (κ3) is 4.74. The predicted octanol–water partition coefficient (Wildman–Crippen LogP) is 7.04. The molecule has 0 aliphatic heterocycles. The fourth-order valence-corrected chi connectivity index (χ4v) is 4.38. The van der Waals surface area contributed by atoms with E-state index < -0.39 is 5.97 Å². The van der Waals surface area contributed by atoms with Gasteiger partial charge in [0, 0.05) is 30.4 Å². The van der Waals surface area contributed by atoms with E-state index in [-0.39, 0.29) is 5.57 Å². The van der Waals surface area contributed by atoms with Gasteiger partial charge in [-0.15, -0.1) is 0 Å². The first-order valence-corrected chi connectivity index (χ1v) is 11.8. The number of aliphatic carboxylic acids is 1. The Morgan fingerprint density at radius 2 is 1.64 bits per heavy atom. The first-order valence-electron chi connectivity index (χ1n) is 11.5. The Labute approximate surface area is 214 Å². The number of benzene rings is 4. The van der Waals surface area contributed by atoms with Crippen molar-refractivity contribution in [1.82, 2.24) is 9.78 Å². The van der Waals surface area contributed by atoms with Crippen molar-refractivity contribution in [2.24, 2.45) is 0 Å². The van der Waals surface area contributed by atoms with Gasteiger partial charge in [0.2, 0.25) is 0 Å². The molecule has 6 heteroatoms. The van der Waals surface area contributed by atoms with Crippen LogP contribution in [0, 0.1) is 0 Å². The van der Waals surface area contributed by atoms with Crippen molar-refractivity contribution in [2.45, 2.75) is 0 Å². The minimum atomic E-state index is -1.05. The van der Waals surface area contributed by atoms with E-state index in [1.54, 1.807) is 30.3 Å². The van der Waals surface area contributed by atoms with Gasteiger partial charge in [-0.2, -0.15) is 5.10 Å². The number of hydrogen-bond acceptors (Lipinski definition) is 3. The Morgan fingerprint density at radius 1 is 0.889 bits per heavy atom. The van der Waals surface area contributed by atoms with Gasteiger partial charge in [0.05, 0.1) is 22.6 Å². The molecule has 0 bridgehead atoms. The SMILES string of the molecule is CN(C)c1ccc(-n2nc(/C=C(\C(=O)O)c3cccc(Cl)c3)cc2-c2ccc3ccccc3c2)cc1. The summed E-state index contributed by atoms with van der Waals surface area (Å²) in [6.07, 6.45) is 1.59. The molecular weight excluding hydrogens is 470 g/mol. The molecular formula is C30H24ClN3O2. The molecule has 178 valence electrons. The molecule has 0 spiro atoms. The van der Waals surface area contributed by atoms with E-state index in [0.717, 1.165) is 33.4 Å². The smallest absolute Gasteiger partial charge is 0.336 e. The maximum Gasteiger partial charge on any atom is 0.336 e. The van der Waals surface area contributed by atoms with Crippen molar-refractivity contribution in [1.29, 1.82) is 0 Å². The molecule has 5 aromatic rings. The van der Waals surface area contributed by atoms with E-state index >= 15 is 0 Å². The highest BCUT2D eigenvalue weighted by Crippen LogP contribution is 2.30. The Balaban J connectivity index is 1.68. The van der Waals surface area contributed by atoms with Gasteiger partial charge in [-0.25, -0.2) is 9.48 Å². The zero-order valence-corrected chi connectivity index (χ0v) is 20.6. The minimum Gasteiger partial charge on any atom is -0.478 e. The highest BCUT2D eigenvalue weighted by Gasteiger charge is 2.16. The van der Waals surface area contributed by atoms with E-state index in [1.165, 1.54) is 0 Å². The molecule has 0 atom stereocenters. The number of anilines is 1. The van der Waals surface area contributed by atoms with Crippen LogP contribution in [0.5, 0.6) is 0 Å². The van der Waals surface area contributed by atoms with Crippen LogP contribution in [-0.4, -0.2) is 35.0 Å². The third-order valence-corrected chi connectivity index (χ3v) is 6.28. The second kappa shape index (κ2) is 9.72. The van der Waals surface area contributed by atoms with Crippen LogP contribution in [-0.2, 0) is 4.79 Å². The molecule has 0 saturated carbocycles. The summed E-state index contributed by atoms with van der Waals surface area (Å²) >= 11 is 6.13. The number of aromatic nitrogens is 2. The van der Waals surface area contributed by atoms with Gasteiger partial charge in [-0.1, -0.05) is 60.1 Å². The second-order valence-electron chi connectivity index (χ2n) is 8.71. The average molecular weight is 494 g/mol. The summed E-state index contributed by atoms with van der Waals surface area (Å²) in [5, 5.41) is 17.5. The van der Waals surface area contributed by atoms with Gasteiger partial charge >= 0.3 is 5.97 Å². The normalized spacial score (nSPS) is 11.6. The minimum absolute atomic E-state index is 0.121. The molecule has 0 radical (unpaired) electrons. The molecule has 5 nitrogen and oxygen atoms in total. The zero-order valence-electron chi connectivity index (χ0n) is 19.9. The first-order chi connectivity index (χ1) is 17.4. The number of rotatable bonds is 6. The van der Waals surface area contributed by atoms with Crippen molar-refractivity contribution >= 4 is 45.7 Å². The number of carboxylic acids is 1. The summed E-state index contributed by atoms with van der Waals surface area (Å²) in [7, 11) is 3.99. The van der Waals surface area contributed by atoms with Crippen molar-refractivity contribution in [3.8, 4) is 16.9 Å². The van der Waals surface area contributed by atoms with Gasteiger partial charge in [-0.3, -0.25) is 0 Å². The van der Waals surface area contributed by atoms with Crippen molar-refractivity contribution in [2.75, 3.05) is 19.0 Å². The van der Waals surface area contributed by atoms with E-state index in [9.17, 15) is 9.90 Å². The maximum absolute atomic E-state index is 12.1. The molecule has 0 aliphatic carbocycles. The largest absolute Gasteiger partial charge is 0.478 e. The lowest BCUT2D eigenvalue weighted by Crippen LogP contribution is -2.08. The van der Waals surface area contributed by atoms with Crippen molar-refractivity contribution in [3.05, 3.63) is 113 Å². The lowest BCUT2D eigenvalue weighted by molar-refractivity contribution is -0.130. The Kier molecular flexibility index (Phi) is 6.32. The molecule has 5 rings (SSSR count). The topological polar surface area (TPSA) is 58.4 Å². The van der Waals surface area contributed by atoms with E-state index in [0.29, 0.717) is 16.3 Å². The number of carbonyl (C=O) groups is 1. The lowest BCUT2D eigenvalue weighted by atomic mass is 10.0. The first kappa shape index (κ1) is 23.4. The number of carboxylic acid groups (broad SMARTS) is 1. The molecule has 1 N–H and O–H groups in total. The summed E-state index contributed by atoms with van der Waals surface area (Å²) in [5.74, 6) is -1.05. The maximum atomic E-state index is 12.1. The summed E-state index contributed by atoms with van der Waals surface area (Å²) in [6.45, 7) is 0. The highest BCUT2D eigenvalue weighted by molar-refractivity contribution is 6.31. The molecule has 0 aliphatic rings. The quantitative estimate of drug-likeness (QED) is 0.258. The fourth-order valence-electron chi connectivity index (χ4n) is 4.19. The summed E-state index contributed by atoms with van der Waals surface area (Å²) < 4.78 is 1.85. The summed E-state index contributed by atoms with van der Waals surface area (Å²) in [4.78, 5) is 14.2. The standard InChI is InChI=1S/C30H24ClN3O2/c1-33(2)26-12-14-27(15-13-26)34-29(23-11-10-20-6-3-4-7-21(20)16-23)19-25(32-34)18-28(30(35)36)22-8-5-9-24(31)17-22/h3-19H,1-2H3,(H,35,36)/b28-18-. The number of halogens is 1. The molecule has 0 fully saturated rings. The van der Waals surface area contributed by atoms with Crippen LogP contribution in [0.3, 0.4) is 0 Å². The van der Waals surface area contributed by atoms with E-state index in [1.807, 2.05) is 66.1 Å². The highest BCUT2D eigenvalue weighted by atomic mass is 35.5. The molecule has 36 heavy (non-hydrogen) atoms. The third-order valence-electron chi connectivity index (χ3n) is 6.04. The van der Waals surface area contributed by atoms with Crippen LogP contribution in [0.25, 0.3) is 39.4 Å². The number of fused-ring (bicyclic) bond motifs is 1. The van der Waals surface area contributed by atoms with Gasteiger partial charge in [-0.05, 0) is 70.9 Å². The van der Waals surface area contributed by atoms with Crippen LogP contribution >= 0.6 is 11.6 Å². The molecule has 0 saturated heterocycles. The molecule has 0 amide bonds. The Bertz CT molecular complexity index is 1600. The summed E-state index contributed by atoms with van der Waals surface area (Å²) in [6, 6.07) is 31.3. The van der Waals surface area contributed by atoms with Gasteiger partial charge in [0.25, 0.3) is 0 Å². The van der Waals surface area contributed by atoms with E-state index in [2.05, 4.69) is 30.3 Å². The zero-order chi connectivity index (χ0) is 25.2. The lowest BCUT2D eigenvalue weighted by Gasteiger charge is -2.14. The number of nitrogens with zero attached hydrogens (tertiary/aromatic N) is 3. The fraction of sp³-hybridized carbons (Fsp3) is 0.0667. The van der Waals surface area contributed by atoms with Crippen LogP contribution in [0.4, 0.5) is 5.69 Å².